The lowest BCUT2D eigenvalue weighted by molar-refractivity contribution is 0.0693. The van der Waals surface area contributed by atoms with Gasteiger partial charge in [0.1, 0.15) is 23.7 Å². The van der Waals surface area contributed by atoms with Gasteiger partial charge in [-0.15, -0.1) is 0 Å². The summed E-state index contributed by atoms with van der Waals surface area (Å²) in [5, 5.41) is 9.12. The first-order chi connectivity index (χ1) is 9.60. The third kappa shape index (κ3) is 3.29. The van der Waals surface area contributed by atoms with Crippen molar-refractivity contribution in [1.82, 2.24) is 0 Å². The van der Waals surface area contributed by atoms with E-state index in [-0.39, 0.29) is 5.56 Å². The number of aryl methyl sites for hydroxylation is 1. The van der Waals surface area contributed by atoms with Crippen LogP contribution in [0.15, 0.2) is 42.5 Å². The molecule has 2 aromatic carbocycles. The van der Waals surface area contributed by atoms with Crippen LogP contribution in [0.1, 0.15) is 21.5 Å². The third-order valence-electron chi connectivity index (χ3n) is 2.89. The minimum absolute atomic E-state index is 0.137. The van der Waals surface area contributed by atoms with Gasteiger partial charge in [-0.2, -0.15) is 0 Å². The molecule has 0 fully saturated rings. The van der Waals surface area contributed by atoms with E-state index in [1.165, 1.54) is 7.11 Å². The highest BCUT2D eigenvalue weighted by Gasteiger charge is 2.11. The molecule has 104 valence electrons. The highest BCUT2D eigenvalue weighted by atomic mass is 16.5. The Morgan fingerprint density at radius 2 is 2.00 bits per heavy atom. The number of ether oxygens (including phenoxy) is 2. The molecule has 4 heteroatoms. The van der Waals surface area contributed by atoms with E-state index in [0.717, 1.165) is 16.9 Å². The van der Waals surface area contributed by atoms with Crippen molar-refractivity contribution in [3.8, 4) is 11.5 Å². The number of hydrogen-bond donors (Lipinski definition) is 1. The lowest BCUT2D eigenvalue weighted by atomic mass is 10.1. The van der Waals surface area contributed by atoms with Gasteiger partial charge in [-0.1, -0.05) is 18.2 Å². The lowest BCUT2D eigenvalue weighted by Gasteiger charge is -2.09. The first-order valence-corrected chi connectivity index (χ1v) is 6.20. The number of benzene rings is 2. The highest BCUT2D eigenvalue weighted by molar-refractivity contribution is 5.91. The molecule has 0 bridgehead atoms. The maximum absolute atomic E-state index is 11.1. The van der Waals surface area contributed by atoms with Gasteiger partial charge >= 0.3 is 5.97 Å². The molecule has 2 rings (SSSR count). The summed E-state index contributed by atoms with van der Waals surface area (Å²) < 4.78 is 10.7. The number of aromatic carboxylic acids is 1. The topological polar surface area (TPSA) is 55.8 Å². The fourth-order valence-corrected chi connectivity index (χ4v) is 1.88. The summed E-state index contributed by atoms with van der Waals surface area (Å²) >= 11 is 0. The van der Waals surface area contributed by atoms with Crippen molar-refractivity contribution in [2.24, 2.45) is 0 Å². The SMILES string of the molecule is COc1ccc(COc2cccc(C)c2)cc1C(=O)O. The van der Waals surface area contributed by atoms with Gasteiger partial charge in [0.25, 0.3) is 0 Å². The minimum atomic E-state index is -1.01. The van der Waals surface area contributed by atoms with Crippen molar-refractivity contribution in [3.63, 3.8) is 0 Å². The zero-order valence-electron chi connectivity index (χ0n) is 11.4. The summed E-state index contributed by atoms with van der Waals surface area (Å²) in [6.45, 7) is 2.30. The van der Waals surface area contributed by atoms with E-state index in [0.29, 0.717) is 12.4 Å². The molecule has 0 atom stereocenters. The Labute approximate surface area is 117 Å². The zero-order valence-corrected chi connectivity index (χ0v) is 11.4. The maximum Gasteiger partial charge on any atom is 0.339 e. The number of methoxy groups -OCH3 is 1. The molecule has 0 aliphatic heterocycles. The monoisotopic (exact) mass is 272 g/mol. The van der Waals surface area contributed by atoms with Crippen LogP contribution in [-0.4, -0.2) is 18.2 Å². The Morgan fingerprint density at radius 3 is 2.65 bits per heavy atom. The van der Waals surface area contributed by atoms with Gasteiger partial charge in [0, 0.05) is 0 Å². The predicted octanol–water partition coefficient (Wildman–Crippen LogP) is 3.28. The van der Waals surface area contributed by atoms with E-state index < -0.39 is 5.97 Å². The number of carboxylic acid groups (broad SMARTS) is 1. The zero-order chi connectivity index (χ0) is 14.5. The van der Waals surface area contributed by atoms with Crippen LogP contribution in [-0.2, 0) is 6.61 Å². The minimum Gasteiger partial charge on any atom is -0.496 e. The van der Waals surface area contributed by atoms with E-state index in [2.05, 4.69) is 0 Å². The molecule has 2 aromatic rings. The van der Waals surface area contributed by atoms with Gasteiger partial charge < -0.3 is 14.6 Å². The summed E-state index contributed by atoms with van der Waals surface area (Å²) in [7, 11) is 1.45. The van der Waals surface area contributed by atoms with Crippen LogP contribution in [0.25, 0.3) is 0 Å². The Balaban J connectivity index is 2.14. The Morgan fingerprint density at radius 1 is 1.20 bits per heavy atom. The standard InChI is InChI=1S/C16H16O4/c1-11-4-3-5-13(8-11)20-10-12-6-7-15(19-2)14(9-12)16(17)18/h3-9H,10H2,1-2H3,(H,17,18). The summed E-state index contributed by atoms with van der Waals surface area (Å²) in [5.41, 5.74) is 2.03. The van der Waals surface area contributed by atoms with Crippen molar-refractivity contribution in [2.75, 3.05) is 7.11 Å². The first-order valence-electron chi connectivity index (χ1n) is 6.20. The summed E-state index contributed by atoms with van der Waals surface area (Å²) in [6, 6.07) is 12.7. The van der Waals surface area contributed by atoms with Crippen LogP contribution in [0.5, 0.6) is 11.5 Å². The number of hydrogen-bond acceptors (Lipinski definition) is 3. The second kappa shape index (κ2) is 6.10. The van der Waals surface area contributed by atoms with E-state index in [1.54, 1.807) is 18.2 Å². The molecular formula is C16H16O4. The molecule has 1 N–H and O–H groups in total. The molecule has 0 aliphatic carbocycles. The van der Waals surface area contributed by atoms with Gasteiger partial charge in [0.2, 0.25) is 0 Å². The summed E-state index contributed by atoms with van der Waals surface area (Å²) in [6.07, 6.45) is 0. The second-order valence-electron chi connectivity index (χ2n) is 4.44. The third-order valence-corrected chi connectivity index (χ3v) is 2.89. The molecule has 4 nitrogen and oxygen atoms in total. The van der Waals surface area contributed by atoms with Crippen LogP contribution in [0.2, 0.25) is 0 Å². The molecule has 0 saturated carbocycles. The normalized spacial score (nSPS) is 10.1. The molecule has 0 aromatic heterocycles. The maximum atomic E-state index is 11.1. The predicted molar refractivity (Wildman–Crippen MR) is 75.5 cm³/mol. The van der Waals surface area contributed by atoms with Crippen LogP contribution >= 0.6 is 0 Å². The van der Waals surface area contributed by atoms with E-state index >= 15 is 0 Å². The molecular weight excluding hydrogens is 256 g/mol. The van der Waals surface area contributed by atoms with E-state index in [1.807, 2.05) is 31.2 Å². The van der Waals surface area contributed by atoms with E-state index in [9.17, 15) is 4.79 Å². The van der Waals surface area contributed by atoms with Crippen molar-refractivity contribution in [1.29, 1.82) is 0 Å². The van der Waals surface area contributed by atoms with Crippen molar-refractivity contribution in [2.45, 2.75) is 13.5 Å². The van der Waals surface area contributed by atoms with Crippen LogP contribution in [0.4, 0.5) is 0 Å². The lowest BCUT2D eigenvalue weighted by Crippen LogP contribution is -2.03. The molecule has 20 heavy (non-hydrogen) atoms. The van der Waals surface area contributed by atoms with Gasteiger partial charge in [-0.3, -0.25) is 0 Å². The van der Waals surface area contributed by atoms with Crippen molar-refractivity contribution in [3.05, 3.63) is 59.2 Å². The second-order valence-corrected chi connectivity index (χ2v) is 4.44. The fourth-order valence-electron chi connectivity index (χ4n) is 1.88. The quantitative estimate of drug-likeness (QED) is 0.907. The molecule has 0 radical (unpaired) electrons. The molecule has 0 spiro atoms. The van der Waals surface area contributed by atoms with Gasteiger partial charge in [0.15, 0.2) is 0 Å². The number of carbonyl (C=O) groups is 1. The number of rotatable bonds is 5. The molecule has 0 heterocycles. The molecule has 0 amide bonds. The summed E-state index contributed by atoms with van der Waals surface area (Å²) in [5.74, 6) is 0.0914. The summed E-state index contributed by atoms with van der Waals surface area (Å²) in [4.78, 5) is 11.1. The average Bonchev–Trinajstić information content (AvgIpc) is 2.45. The Hall–Kier alpha value is -2.49. The first kappa shape index (κ1) is 13.9. The van der Waals surface area contributed by atoms with Gasteiger partial charge in [-0.05, 0) is 42.3 Å². The van der Waals surface area contributed by atoms with Gasteiger partial charge in [0.05, 0.1) is 7.11 Å². The molecule has 0 aliphatic rings. The average molecular weight is 272 g/mol. The van der Waals surface area contributed by atoms with E-state index in [4.69, 9.17) is 14.6 Å². The fraction of sp³-hybridized carbons (Fsp3) is 0.188. The molecule has 0 saturated heterocycles. The Bertz CT molecular complexity index is 620. The van der Waals surface area contributed by atoms with Crippen LogP contribution in [0, 0.1) is 6.92 Å². The number of carboxylic acids is 1. The smallest absolute Gasteiger partial charge is 0.339 e. The van der Waals surface area contributed by atoms with Crippen molar-refractivity contribution < 1.29 is 19.4 Å². The Kier molecular flexibility index (Phi) is 4.25. The van der Waals surface area contributed by atoms with Gasteiger partial charge in [-0.25, -0.2) is 4.79 Å². The van der Waals surface area contributed by atoms with Crippen molar-refractivity contribution >= 4 is 5.97 Å². The molecule has 0 unspecified atom stereocenters. The van der Waals surface area contributed by atoms with Crippen LogP contribution in [0.3, 0.4) is 0 Å². The highest BCUT2D eigenvalue weighted by Crippen LogP contribution is 2.21. The van der Waals surface area contributed by atoms with Crippen LogP contribution < -0.4 is 9.47 Å². The largest absolute Gasteiger partial charge is 0.496 e.